The van der Waals surface area contributed by atoms with Gasteiger partial charge < -0.3 is 10.6 Å². The molecule has 0 saturated carbocycles. The maximum Gasteiger partial charge on any atom is 0.270 e. The van der Waals surface area contributed by atoms with E-state index in [1.807, 2.05) is 68.4 Å². The number of amides is 1. The van der Waals surface area contributed by atoms with E-state index in [-0.39, 0.29) is 5.91 Å². The van der Waals surface area contributed by atoms with Gasteiger partial charge in [-0.2, -0.15) is 0 Å². The van der Waals surface area contributed by atoms with Gasteiger partial charge in [0.05, 0.1) is 0 Å². The molecule has 2 N–H and O–H groups in total. The van der Waals surface area contributed by atoms with Crippen molar-refractivity contribution in [2.45, 2.75) is 20.4 Å². The Morgan fingerprint density at radius 3 is 2.40 bits per heavy atom. The maximum atomic E-state index is 12.4. The largest absolute Gasteiger partial charge is 0.347 e. The number of rotatable bonds is 5. The summed E-state index contributed by atoms with van der Waals surface area (Å²) in [6, 6.07) is 19.4. The molecule has 0 spiro atoms. The van der Waals surface area contributed by atoms with Crippen LogP contribution in [0.25, 0.3) is 0 Å². The molecule has 5 heteroatoms. The first-order valence-electron chi connectivity index (χ1n) is 8.12. The first kappa shape index (κ1) is 16.6. The van der Waals surface area contributed by atoms with E-state index in [1.165, 1.54) is 5.56 Å². The molecule has 1 aromatic heterocycles. The van der Waals surface area contributed by atoms with E-state index in [2.05, 4.69) is 20.6 Å². The highest BCUT2D eigenvalue weighted by Gasteiger charge is 2.10. The molecule has 2 aromatic carbocycles. The van der Waals surface area contributed by atoms with Crippen LogP contribution in [-0.2, 0) is 6.54 Å². The van der Waals surface area contributed by atoms with Gasteiger partial charge in [-0.1, -0.05) is 48.0 Å². The van der Waals surface area contributed by atoms with Crippen LogP contribution in [0, 0.1) is 13.8 Å². The van der Waals surface area contributed by atoms with Gasteiger partial charge in [-0.05, 0) is 37.6 Å². The Morgan fingerprint density at radius 1 is 0.960 bits per heavy atom. The molecule has 3 rings (SSSR count). The van der Waals surface area contributed by atoms with Gasteiger partial charge >= 0.3 is 0 Å². The van der Waals surface area contributed by atoms with E-state index >= 15 is 0 Å². The summed E-state index contributed by atoms with van der Waals surface area (Å²) in [5.74, 6) is 0.190. The quantitative estimate of drug-likeness (QED) is 0.746. The van der Waals surface area contributed by atoms with Gasteiger partial charge in [0, 0.05) is 17.9 Å². The number of anilines is 2. The van der Waals surface area contributed by atoms with Gasteiger partial charge in [-0.25, -0.2) is 9.97 Å². The zero-order chi connectivity index (χ0) is 17.6. The lowest BCUT2D eigenvalue weighted by atomic mass is 10.2. The summed E-state index contributed by atoms with van der Waals surface area (Å²) in [7, 11) is 0. The molecular formula is C20H20N4O. The molecular weight excluding hydrogens is 312 g/mol. The Hall–Kier alpha value is -3.21. The lowest BCUT2D eigenvalue weighted by Crippen LogP contribution is -2.24. The molecule has 5 nitrogen and oxygen atoms in total. The molecule has 0 aliphatic rings. The second-order valence-corrected chi connectivity index (χ2v) is 5.88. The number of benzene rings is 2. The third kappa shape index (κ3) is 4.64. The number of carbonyl (C=O) groups excluding carboxylic acids is 1. The monoisotopic (exact) mass is 332 g/mol. The zero-order valence-corrected chi connectivity index (χ0v) is 14.3. The van der Waals surface area contributed by atoms with Gasteiger partial charge in [-0.3, -0.25) is 4.79 Å². The Bertz CT molecular complexity index is 861. The molecule has 0 aliphatic heterocycles. The Morgan fingerprint density at radius 2 is 1.68 bits per heavy atom. The van der Waals surface area contributed by atoms with Gasteiger partial charge in [0.15, 0.2) is 0 Å². The van der Waals surface area contributed by atoms with E-state index in [0.29, 0.717) is 18.2 Å². The van der Waals surface area contributed by atoms with Gasteiger partial charge in [0.2, 0.25) is 5.95 Å². The molecule has 25 heavy (non-hydrogen) atoms. The predicted octanol–water partition coefficient (Wildman–Crippen LogP) is 3.77. The van der Waals surface area contributed by atoms with Crippen LogP contribution in [0.15, 0.2) is 60.7 Å². The van der Waals surface area contributed by atoms with Crippen LogP contribution in [0.3, 0.4) is 0 Å². The number of aromatic nitrogens is 2. The Labute approximate surface area is 147 Å². The summed E-state index contributed by atoms with van der Waals surface area (Å²) in [6.45, 7) is 4.33. The third-order valence-corrected chi connectivity index (χ3v) is 3.69. The Balaban J connectivity index is 1.72. The first-order chi connectivity index (χ1) is 12.1. The van der Waals surface area contributed by atoms with E-state index in [4.69, 9.17) is 0 Å². The topological polar surface area (TPSA) is 66.9 Å². The predicted molar refractivity (Wildman–Crippen MR) is 98.8 cm³/mol. The fourth-order valence-electron chi connectivity index (χ4n) is 2.38. The second kappa shape index (κ2) is 7.57. The molecule has 0 radical (unpaired) electrons. The summed E-state index contributed by atoms with van der Waals surface area (Å²) in [6.07, 6.45) is 0. The van der Waals surface area contributed by atoms with Crippen molar-refractivity contribution in [3.05, 3.63) is 83.2 Å². The molecule has 0 bridgehead atoms. The summed E-state index contributed by atoms with van der Waals surface area (Å²) >= 11 is 0. The molecule has 1 amide bonds. The normalized spacial score (nSPS) is 10.3. The molecule has 0 atom stereocenters. The standard InChI is InChI=1S/C20H20N4O/c1-14-8-10-17(11-9-14)23-20-22-15(2)12-18(24-20)19(25)21-13-16-6-4-3-5-7-16/h3-12H,13H2,1-2H3,(H,21,25)(H,22,23,24). The van der Waals surface area contributed by atoms with Crippen molar-refractivity contribution < 1.29 is 4.79 Å². The van der Waals surface area contributed by atoms with Crippen LogP contribution in [0.5, 0.6) is 0 Å². The molecule has 0 fully saturated rings. The van der Waals surface area contributed by atoms with E-state index in [9.17, 15) is 4.79 Å². The highest BCUT2D eigenvalue weighted by atomic mass is 16.1. The van der Waals surface area contributed by atoms with Crippen molar-refractivity contribution in [3.63, 3.8) is 0 Å². The van der Waals surface area contributed by atoms with Gasteiger partial charge in [-0.15, -0.1) is 0 Å². The highest BCUT2D eigenvalue weighted by Crippen LogP contribution is 2.14. The average molecular weight is 332 g/mol. The van der Waals surface area contributed by atoms with Crippen molar-refractivity contribution in [2.24, 2.45) is 0 Å². The molecule has 0 unspecified atom stereocenters. The maximum absolute atomic E-state index is 12.4. The number of nitrogens with one attached hydrogen (secondary N) is 2. The van der Waals surface area contributed by atoms with Crippen molar-refractivity contribution in [2.75, 3.05) is 5.32 Å². The summed E-state index contributed by atoms with van der Waals surface area (Å²) < 4.78 is 0. The van der Waals surface area contributed by atoms with Crippen LogP contribution in [0.2, 0.25) is 0 Å². The smallest absolute Gasteiger partial charge is 0.270 e. The van der Waals surface area contributed by atoms with Gasteiger partial charge in [0.25, 0.3) is 5.91 Å². The van der Waals surface area contributed by atoms with E-state index in [0.717, 1.165) is 16.9 Å². The minimum Gasteiger partial charge on any atom is -0.347 e. The minimum absolute atomic E-state index is 0.221. The molecule has 3 aromatic rings. The van der Waals surface area contributed by atoms with Crippen molar-refractivity contribution in [1.29, 1.82) is 0 Å². The van der Waals surface area contributed by atoms with Crippen LogP contribution >= 0.6 is 0 Å². The van der Waals surface area contributed by atoms with Crippen molar-refractivity contribution >= 4 is 17.5 Å². The van der Waals surface area contributed by atoms with Crippen LogP contribution in [-0.4, -0.2) is 15.9 Å². The Kier molecular flexibility index (Phi) is 5.04. The van der Waals surface area contributed by atoms with Crippen molar-refractivity contribution in [1.82, 2.24) is 15.3 Å². The number of aryl methyl sites for hydroxylation is 2. The van der Waals surface area contributed by atoms with E-state index < -0.39 is 0 Å². The van der Waals surface area contributed by atoms with E-state index in [1.54, 1.807) is 6.07 Å². The number of nitrogens with zero attached hydrogens (tertiary/aromatic N) is 2. The minimum atomic E-state index is -0.221. The second-order valence-electron chi connectivity index (χ2n) is 5.88. The first-order valence-corrected chi connectivity index (χ1v) is 8.12. The fourth-order valence-corrected chi connectivity index (χ4v) is 2.38. The molecule has 0 aliphatic carbocycles. The van der Waals surface area contributed by atoms with Crippen LogP contribution in [0.4, 0.5) is 11.6 Å². The average Bonchev–Trinajstić information content (AvgIpc) is 2.62. The fraction of sp³-hybridized carbons (Fsp3) is 0.150. The van der Waals surface area contributed by atoms with Crippen LogP contribution < -0.4 is 10.6 Å². The SMILES string of the molecule is Cc1ccc(Nc2nc(C)cc(C(=O)NCc3ccccc3)n2)cc1. The number of carbonyl (C=O) groups is 1. The lowest BCUT2D eigenvalue weighted by Gasteiger charge is -2.09. The molecule has 126 valence electrons. The summed E-state index contributed by atoms with van der Waals surface area (Å²) in [5, 5.41) is 6.02. The summed E-state index contributed by atoms with van der Waals surface area (Å²) in [4.78, 5) is 21.1. The highest BCUT2D eigenvalue weighted by molar-refractivity contribution is 5.92. The molecule has 1 heterocycles. The lowest BCUT2D eigenvalue weighted by molar-refractivity contribution is 0.0945. The zero-order valence-electron chi connectivity index (χ0n) is 14.3. The third-order valence-electron chi connectivity index (χ3n) is 3.69. The van der Waals surface area contributed by atoms with Crippen LogP contribution in [0.1, 0.15) is 27.3 Å². The van der Waals surface area contributed by atoms with Gasteiger partial charge in [0.1, 0.15) is 5.69 Å². The molecule has 0 saturated heterocycles. The van der Waals surface area contributed by atoms with Crippen molar-refractivity contribution in [3.8, 4) is 0 Å². The summed E-state index contributed by atoms with van der Waals surface area (Å²) in [5.41, 5.74) is 4.18. The number of hydrogen-bond donors (Lipinski definition) is 2. The number of hydrogen-bond acceptors (Lipinski definition) is 4.